The standard InChI is InChI=1S/C9H13N3O/c1-4-11(5-1)8-6-12-9(13-7-8)2-3-10-12/h2-3,8H,1,4-7H2. The van der Waals surface area contributed by atoms with Crippen LogP contribution in [0.15, 0.2) is 12.3 Å². The molecule has 1 saturated heterocycles. The van der Waals surface area contributed by atoms with Crippen molar-refractivity contribution >= 4 is 0 Å². The Balaban J connectivity index is 1.76. The van der Waals surface area contributed by atoms with Crippen molar-refractivity contribution in [2.24, 2.45) is 0 Å². The lowest BCUT2D eigenvalue weighted by molar-refractivity contribution is 0.0431. The summed E-state index contributed by atoms with van der Waals surface area (Å²) in [5.41, 5.74) is 0. The van der Waals surface area contributed by atoms with Crippen molar-refractivity contribution in [3.8, 4) is 5.88 Å². The predicted octanol–water partition coefficient (Wildman–Crippen LogP) is 0.350. The molecule has 2 aliphatic rings. The molecule has 0 aromatic carbocycles. The van der Waals surface area contributed by atoms with Crippen LogP contribution < -0.4 is 4.74 Å². The molecule has 1 atom stereocenters. The van der Waals surface area contributed by atoms with Crippen molar-refractivity contribution in [3.63, 3.8) is 0 Å². The van der Waals surface area contributed by atoms with E-state index in [9.17, 15) is 0 Å². The molecular weight excluding hydrogens is 166 g/mol. The highest BCUT2D eigenvalue weighted by atomic mass is 16.5. The minimum absolute atomic E-state index is 0.543. The van der Waals surface area contributed by atoms with Crippen molar-refractivity contribution in [2.75, 3.05) is 19.7 Å². The Labute approximate surface area is 77.1 Å². The van der Waals surface area contributed by atoms with Crippen LogP contribution in [0.3, 0.4) is 0 Å². The molecule has 0 bridgehead atoms. The average Bonchev–Trinajstić information content (AvgIpc) is 2.47. The molecule has 1 aromatic heterocycles. The number of hydrogen-bond donors (Lipinski definition) is 0. The number of rotatable bonds is 1. The average molecular weight is 179 g/mol. The molecule has 4 heteroatoms. The van der Waals surface area contributed by atoms with Gasteiger partial charge in [0.05, 0.1) is 18.8 Å². The predicted molar refractivity (Wildman–Crippen MR) is 47.7 cm³/mol. The Morgan fingerprint density at radius 2 is 2.38 bits per heavy atom. The van der Waals surface area contributed by atoms with Gasteiger partial charge in [-0.2, -0.15) is 5.10 Å². The quantitative estimate of drug-likeness (QED) is 0.623. The van der Waals surface area contributed by atoms with Gasteiger partial charge in [0.1, 0.15) is 6.61 Å². The van der Waals surface area contributed by atoms with E-state index >= 15 is 0 Å². The highest BCUT2D eigenvalue weighted by Gasteiger charge is 2.28. The van der Waals surface area contributed by atoms with Crippen LogP contribution in [0.5, 0.6) is 5.88 Å². The van der Waals surface area contributed by atoms with Gasteiger partial charge < -0.3 is 4.74 Å². The van der Waals surface area contributed by atoms with Crippen LogP contribution in [-0.2, 0) is 6.54 Å². The summed E-state index contributed by atoms with van der Waals surface area (Å²) in [6, 6.07) is 2.47. The van der Waals surface area contributed by atoms with E-state index in [2.05, 4.69) is 10.00 Å². The smallest absolute Gasteiger partial charge is 0.211 e. The van der Waals surface area contributed by atoms with Gasteiger partial charge in [0.25, 0.3) is 0 Å². The van der Waals surface area contributed by atoms with Gasteiger partial charge in [-0.15, -0.1) is 0 Å². The maximum Gasteiger partial charge on any atom is 0.211 e. The molecule has 0 N–H and O–H groups in total. The van der Waals surface area contributed by atoms with Crippen molar-refractivity contribution in [1.82, 2.24) is 14.7 Å². The van der Waals surface area contributed by atoms with Crippen molar-refractivity contribution < 1.29 is 4.74 Å². The lowest BCUT2D eigenvalue weighted by Crippen LogP contribution is -2.51. The van der Waals surface area contributed by atoms with Gasteiger partial charge in [0.15, 0.2) is 0 Å². The Hall–Kier alpha value is -1.03. The molecule has 0 saturated carbocycles. The molecule has 0 amide bonds. The molecule has 1 fully saturated rings. The van der Waals surface area contributed by atoms with Gasteiger partial charge in [0.2, 0.25) is 5.88 Å². The van der Waals surface area contributed by atoms with Crippen LogP contribution >= 0.6 is 0 Å². The van der Waals surface area contributed by atoms with Gasteiger partial charge >= 0.3 is 0 Å². The van der Waals surface area contributed by atoms with Gasteiger partial charge in [0, 0.05) is 6.07 Å². The maximum atomic E-state index is 5.59. The van der Waals surface area contributed by atoms with E-state index in [1.54, 1.807) is 6.20 Å². The van der Waals surface area contributed by atoms with Crippen LogP contribution in [0.2, 0.25) is 0 Å². The van der Waals surface area contributed by atoms with Crippen LogP contribution in [-0.4, -0.2) is 40.4 Å². The number of aromatic nitrogens is 2. The molecule has 3 rings (SSSR count). The zero-order valence-electron chi connectivity index (χ0n) is 7.52. The second kappa shape index (κ2) is 2.73. The highest BCUT2D eigenvalue weighted by molar-refractivity contribution is 5.10. The molecule has 13 heavy (non-hydrogen) atoms. The van der Waals surface area contributed by atoms with Gasteiger partial charge in [-0.1, -0.05) is 0 Å². The van der Waals surface area contributed by atoms with Crippen LogP contribution in [0.25, 0.3) is 0 Å². The van der Waals surface area contributed by atoms with E-state index in [1.807, 2.05) is 10.7 Å². The topological polar surface area (TPSA) is 30.3 Å². The van der Waals surface area contributed by atoms with E-state index in [4.69, 9.17) is 4.74 Å². The first-order valence-corrected chi connectivity index (χ1v) is 4.82. The molecule has 0 aliphatic carbocycles. The molecule has 70 valence electrons. The van der Waals surface area contributed by atoms with Gasteiger partial charge in [-0.25, -0.2) is 4.68 Å². The first-order chi connectivity index (χ1) is 6.43. The number of hydrogen-bond acceptors (Lipinski definition) is 3. The fourth-order valence-corrected chi connectivity index (χ4v) is 1.94. The summed E-state index contributed by atoms with van der Waals surface area (Å²) in [7, 11) is 0. The third-order valence-corrected chi connectivity index (χ3v) is 2.89. The second-order valence-electron chi connectivity index (χ2n) is 3.71. The lowest BCUT2D eigenvalue weighted by Gasteiger charge is -2.39. The molecule has 4 nitrogen and oxygen atoms in total. The Morgan fingerprint density at radius 1 is 1.46 bits per heavy atom. The molecule has 2 aliphatic heterocycles. The Bertz CT molecular complexity index is 306. The fourth-order valence-electron chi connectivity index (χ4n) is 1.94. The third-order valence-electron chi connectivity index (χ3n) is 2.89. The second-order valence-corrected chi connectivity index (χ2v) is 3.71. The molecule has 0 spiro atoms. The van der Waals surface area contributed by atoms with Crippen molar-refractivity contribution in [1.29, 1.82) is 0 Å². The summed E-state index contributed by atoms with van der Waals surface area (Å²) in [5, 5.41) is 4.21. The Kier molecular flexibility index (Phi) is 1.55. The molecular formula is C9H13N3O. The zero-order chi connectivity index (χ0) is 8.67. The minimum Gasteiger partial charge on any atom is -0.476 e. The summed E-state index contributed by atoms with van der Waals surface area (Å²) >= 11 is 0. The molecule has 1 unspecified atom stereocenters. The van der Waals surface area contributed by atoms with Crippen molar-refractivity contribution in [3.05, 3.63) is 12.3 Å². The van der Waals surface area contributed by atoms with Crippen LogP contribution in [0.4, 0.5) is 0 Å². The summed E-state index contributed by atoms with van der Waals surface area (Å²) in [4.78, 5) is 2.46. The molecule has 1 aromatic rings. The summed E-state index contributed by atoms with van der Waals surface area (Å²) in [6.07, 6.45) is 3.14. The maximum absolute atomic E-state index is 5.59. The highest BCUT2D eigenvalue weighted by Crippen LogP contribution is 2.21. The van der Waals surface area contributed by atoms with Crippen LogP contribution in [0.1, 0.15) is 6.42 Å². The molecule has 0 radical (unpaired) electrons. The Morgan fingerprint density at radius 3 is 3.15 bits per heavy atom. The SMILES string of the molecule is c1cc2n(n1)CC(N1CCC1)CO2. The first kappa shape index (κ1) is 7.38. The number of fused-ring (bicyclic) bond motifs is 1. The fraction of sp³-hybridized carbons (Fsp3) is 0.667. The molecule has 3 heterocycles. The van der Waals surface area contributed by atoms with E-state index in [1.165, 1.54) is 19.5 Å². The van der Waals surface area contributed by atoms with Crippen molar-refractivity contribution in [2.45, 2.75) is 19.0 Å². The monoisotopic (exact) mass is 179 g/mol. The normalized spacial score (nSPS) is 27.5. The van der Waals surface area contributed by atoms with E-state index in [-0.39, 0.29) is 0 Å². The number of likely N-dealkylation sites (tertiary alicyclic amines) is 1. The number of ether oxygens (including phenoxy) is 1. The lowest BCUT2D eigenvalue weighted by atomic mass is 10.1. The van der Waals surface area contributed by atoms with E-state index < -0.39 is 0 Å². The summed E-state index contributed by atoms with van der Waals surface area (Å²) < 4.78 is 7.54. The largest absolute Gasteiger partial charge is 0.476 e. The van der Waals surface area contributed by atoms with Gasteiger partial charge in [-0.3, -0.25) is 4.90 Å². The first-order valence-electron chi connectivity index (χ1n) is 4.82. The van der Waals surface area contributed by atoms with Gasteiger partial charge in [-0.05, 0) is 19.5 Å². The zero-order valence-corrected chi connectivity index (χ0v) is 7.52. The number of nitrogens with zero attached hydrogens (tertiary/aromatic N) is 3. The van der Waals surface area contributed by atoms with E-state index in [0.29, 0.717) is 6.04 Å². The summed E-state index contributed by atoms with van der Waals surface area (Å²) in [5.74, 6) is 0.914. The van der Waals surface area contributed by atoms with Crippen LogP contribution in [0, 0.1) is 0 Å². The minimum atomic E-state index is 0.543. The van der Waals surface area contributed by atoms with E-state index in [0.717, 1.165) is 19.0 Å². The third kappa shape index (κ3) is 1.13. The summed E-state index contributed by atoms with van der Waals surface area (Å²) in [6.45, 7) is 4.27.